The number of hydrogen-bond donors (Lipinski definition) is 2. The standard InChI is InChI=1S/C36H33N3O10S2/c1-4-47-25-17-21(11-16-24(25)40)27-28-29(32(43)39(31(28)42)23-14-9-20(10-15-23)35(45)49-6-3)50-33-30(27)51-36(46)38(33)18-26(41)37-22-12-7-19(8-13-22)34(44)48-5-2/h7-17,27-29,40H,4-6,18H2,1-3H3,(H,37,41)/t27-,28+,29-/m0/s1. The first-order valence-corrected chi connectivity index (χ1v) is 17.8. The number of thiazole rings is 1. The Morgan fingerprint density at radius 3 is 2.06 bits per heavy atom. The van der Waals surface area contributed by atoms with Crippen molar-refractivity contribution in [2.45, 2.75) is 43.5 Å². The Hall–Kier alpha value is -5.41. The first-order chi connectivity index (χ1) is 24.6. The highest BCUT2D eigenvalue weighted by Gasteiger charge is 2.57. The van der Waals surface area contributed by atoms with Crippen LogP contribution in [0.4, 0.5) is 11.4 Å². The highest BCUT2D eigenvalue weighted by atomic mass is 32.2. The van der Waals surface area contributed by atoms with Crippen LogP contribution in [0, 0.1) is 5.92 Å². The number of fused-ring (bicyclic) bond motifs is 2. The summed E-state index contributed by atoms with van der Waals surface area (Å²) in [6.45, 7) is 5.43. The second-order valence-corrected chi connectivity index (χ2v) is 13.6. The van der Waals surface area contributed by atoms with Crippen LogP contribution in [-0.2, 0) is 30.4 Å². The van der Waals surface area contributed by atoms with Gasteiger partial charge in [0.25, 0.3) is 0 Å². The third-order valence-electron chi connectivity index (χ3n) is 8.31. The van der Waals surface area contributed by atoms with Crippen LogP contribution in [0.3, 0.4) is 0 Å². The van der Waals surface area contributed by atoms with Crippen LogP contribution in [0.25, 0.3) is 0 Å². The van der Waals surface area contributed by atoms with Crippen LogP contribution in [0.15, 0.2) is 76.6 Å². The first kappa shape index (κ1) is 35.4. The molecular weight excluding hydrogens is 699 g/mol. The van der Waals surface area contributed by atoms with Crippen LogP contribution in [-0.4, -0.2) is 64.4 Å². The van der Waals surface area contributed by atoms with Crippen LogP contribution in [0.2, 0.25) is 0 Å². The molecule has 0 bridgehead atoms. The number of rotatable bonds is 11. The van der Waals surface area contributed by atoms with Crippen LogP contribution >= 0.6 is 23.1 Å². The minimum atomic E-state index is -0.970. The normalized spacial score (nSPS) is 17.8. The van der Waals surface area contributed by atoms with Gasteiger partial charge in [0.05, 0.1) is 47.6 Å². The van der Waals surface area contributed by atoms with E-state index in [1.165, 1.54) is 47.0 Å². The summed E-state index contributed by atoms with van der Waals surface area (Å²) in [4.78, 5) is 80.5. The largest absolute Gasteiger partial charge is 0.504 e. The van der Waals surface area contributed by atoms with Crippen molar-refractivity contribution in [3.63, 3.8) is 0 Å². The zero-order valence-electron chi connectivity index (χ0n) is 27.7. The summed E-state index contributed by atoms with van der Waals surface area (Å²) in [7, 11) is 0. The van der Waals surface area contributed by atoms with Crippen molar-refractivity contribution >= 4 is 64.1 Å². The van der Waals surface area contributed by atoms with Gasteiger partial charge in [0.1, 0.15) is 11.8 Å². The molecule has 264 valence electrons. The molecule has 2 aliphatic heterocycles. The number of amides is 3. The number of carbonyl (C=O) groups excluding carboxylic acids is 5. The average molecular weight is 732 g/mol. The number of benzene rings is 3. The Balaban J connectivity index is 1.35. The number of imide groups is 1. The first-order valence-electron chi connectivity index (χ1n) is 16.1. The summed E-state index contributed by atoms with van der Waals surface area (Å²) in [5, 5.41) is 12.6. The number of carbonyl (C=O) groups is 5. The maximum absolute atomic E-state index is 14.3. The molecule has 3 amide bonds. The molecule has 1 fully saturated rings. The highest BCUT2D eigenvalue weighted by molar-refractivity contribution is 8.00. The van der Waals surface area contributed by atoms with Gasteiger partial charge in [-0.25, -0.2) is 14.5 Å². The second kappa shape index (κ2) is 14.8. The summed E-state index contributed by atoms with van der Waals surface area (Å²) in [5.41, 5.74) is 1.77. The number of aromatic hydroxyl groups is 1. The molecule has 2 N–H and O–H groups in total. The monoisotopic (exact) mass is 731 g/mol. The number of ether oxygens (including phenoxy) is 3. The fourth-order valence-electron chi connectivity index (χ4n) is 6.07. The molecule has 0 spiro atoms. The Morgan fingerprint density at radius 2 is 1.45 bits per heavy atom. The Labute approximate surface area is 300 Å². The third-order valence-corrected chi connectivity index (χ3v) is 10.9. The van der Waals surface area contributed by atoms with E-state index in [1.54, 1.807) is 45.0 Å². The fraction of sp³-hybridized carbons (Fsp3) is 0.278. The molecular formula is C36H33N3O10S2. The maximum atomic E-state index is 14.3. The summed E-state index contributed by atoms with van der Waals surface area (Å²) >= 11 is 1.93. The molecule has 51 heavy (non-hydrogen) atoms. The van der Waals surface area contributed by atoms with E-state index in [-0.39, 0.29) is 49.1 Å². The highest BCUT2D eigenvalue weighted by Crippen LogP contribution is 2.54. The number of aromatic nitrogens is 1. The summed E-state index contributed by atoms with van der Waals surface area (Å²) in [5.74, 6) is -4.26. The third kappa shape index (κ3) is 6.86. The minimum absolute atomic E-state index is 0.114. The van der Waals surface area contributed by atoms with Crippen molar-refractivity contribution in [3.8, 4) is 11.5 Å². The summed E-state index contributed by atoms with van der Waals surface area (Å²) in [6, 6.07) is 16.7. The average Bonchev–Trinajstić information content (AvgIpc) is 3.56. The number of anilines is 2. The molecule has 1 aromatic heterocycles. The lowest BCUT2D eigenvalue weighted by Gasteiger charge is -2.31. The van der Waals surface area contributed by atoms with E-state index in [0.29, 0.717) is 26.7 Å². The van der Waals surface area contributed by atoms with Crippen molar-refractivity contribution in [3.05, 3.63) is 98.0 Å². The van der Waals surface area contributed by atoms with Gasteiger partial charge in [0.2, 0.25) is 17.7 Å². The number of phenolic OH excluding ortho intramolecular Hbond substituents is 1. The molecule has 13 nitrogen and oxygen atoms in total. The summed E-state index contributed by atoms with van der Waals surface area (Å²) in [6.07, 6.45) is 0. The number of phenols is 1. The lowest BCUT2D eigenvalue weighted by atomic mass is 9.83. The van der Waals surface area contributed by atoms with E-state index < -0.39 is 51.6 Å². The van der Waals surface area contributed by atoms with Gasteiger partial charge < -0.3 is 24.6 Å². The van der Waals surface area contributed by atoms with Crippen LogP contribution in [0.1, 0.15) is 57.8 Å². The molecule has 4 aromatic rings. The molecule has 15 heteroatoms. The Bertz CT molecular complexity index is 2070. The smallest absolute Gasteiger partial charge is 0.338 e. The molecule has 0 aliphatic carbocycles. The van der Waals surface area contributed by atoms with E-state index in [0.717, 1.165) is 28.0 Å². The van der Waals surface area contributed by atoms with E-state index in [4.69, 9.17) is 14.2 Å². The SMILES string of the molecule is CCOC(=O)c1ccc(NC(=O)Cn2c3c(sc2=O)[C@@H](c2ccc(O)c(OCC)c2)[C@H]2C(=O)N(c4ccc(C(=O)OCC)cc4)C(=O)[C@H]2S3)cc1. The van der Waals surface area contributed by atoms with Crippen LogP contribution in [0.5, 0.6) is 11.5 Å². The van der Waals surface area contributed by atoms with E-state index >= 15 is 0 Å². The number of hydrogen-bond acceptors (Lipinski definition) is 12. The van der Waals surface area contributed by atoms with Gasteiger partial charge in [-0.05, 0) is 87.0 Å². The lowest BCUT2D eigenvalue weighted by molar-refractivity contribution is -0.122. The fourth-order valence-corrected chi connectivity index (χ4v) is 8.85. The molecule has 3 aromatic carbocycles. The van der Waals surface area contributed by atoms with E-state index in [2.05, 4.69) is 5.32 Å². The van der Waals surface area contributed by atoms with Crippen LogP contribution < -0.4 is 19.8 Å². The minimum Gasteiger partial charge on any atom is -0.504 e. The van der Waals surface area contributed by atoms with Crippen molar-refractivity contribution < 1.29 is 43.3 Å². The van der Waals surface area contributed by atoms with Gasteiger partial charge in [-0.15, -0.1) is 0 Å². The van der Waals surface area contributed by atoms with Gasteiger partial charge in [-0.2, -0.15) is 0 Å². The number of nitrogens with one attached hydrogen (secondary N) is 1. The molecule has 3 atom stereocenters. The van der Waals surface area contributed by atoms with Crippen molar-refractivity contribution in [2.75, 3.05) is 30.0 Å². The molecule has 2 aliphatic rings. The molecule has 0 saturated carbocycles. The lowest BCUT2D eigenvalue weighted by Crippen LogP contribution is -2.33. The summed E-state index contributed by atoms with van der Waals surface area (Å²) < 4.78 is 17.0. The van der Waals surface area contributed by atoms with Crippen molar-refractivity contribution in [1.82, 2.24) is 4.57 Å². The number of esters is 2. The van der Waals surface area contributed by atoms with Gasteiger partial charge in [0.15, 0.2) is 11.5 Å². The van der Waals surface area contributed by atoms with Gasteiger partial charge in [-0.1, -0.05) is 29.2 Å². The van der Waals surface area contributed by atoms with Crippen molar-refractivity contribution in [2.24, 2.45) is 5.92 Å². The van der Waals surface area contributed by atoms with Crippen molar-refractivity contribution in [1.29, 1.82) is 0 Å². The zero-order chi connectivity index (χ0) is 36.4. The van der Waals surface area contributed by atoms with Gasteiger partial charge in [0, 0.05) is 16.5 Å². The molecule has 0 unspecified atom stereocenters. The molecule has 0 radical (unpaired) electrons. The Kier molecular flexibility index (Phi) is 10.3. The topological polar surface area (TPSA) is 171 Å². The van der Waals surface area contributed by atoms with E-state index in [1.807, 2.05) is 0 Å². The molecule has 3 heterocycles. The predicted octanol–water partition coefficient (Wildman–Crippen LogP) is 4.80. The Morgan fingerprint density at radius 1 is 0.824 bits per heavy atom. The second-order valence-electron chi connectivity index (χ2n) is 11.5. The number of nitrogens with zero attached hydrogens (tertiary/aromatic N) is 2. The molecule has 1 saturated heterocycles. The quantitative estimate of drug-likeness (QED) is 0.160. The predicted molar refractivity (Wildman–Crippen MR) is 189 cm³/mol. The number of thioether (sulfide) groups is 1. The zero-order valence-corrected chi connectivity index (χ0v) is 29.4. The van der Waals surface area contributed by atoms with Gasteiger partial charge in [-0.3, -0.25) is 23.7 Å². The molecule has 6 rings (SSSR count). The maximum Gasteiger partial charge on any atom is 0.338 e. The van der Waals surface area contributed by atoms with Gasteiger partial charge >= 0.3 is 16.8 Å². The van der Waals surface area contributed by atoms with E-state index in [9.17, 15) is 33.9 Å².